The highest BCUT2D eigenvalue weighted by molar-refractivity contribution is 6.35. The standard InChI is InChI=1S/C15H15Cl2N3O/c1-15(2,11-4-3-10(16)7-12(11)17)9-20-14(21)13-8-18-5-6-19-13/h3-8H,9H2,1-2H3,(H,20,21). The Balaban J connectivity index is 2.09. The second-order valence-electron chi connectivity index (χ2n) is 5.28. The number of hydrogen-bond donors (Lipinski definition) is 1. The molecule has 0 atom stereocenters. The highest BCUT2D eigenvalue weighted by Crippen LogP contribution is 2.31. The molecule has 2 rings (SSSR count). The smallest absolute Gasteiger partial charge is 0.271 e. The molecule has 0 bridgehead atoms. The van der Waals surface area contributed by atoms with Gasteiger partial charge in [-0.2, -0.15) is 0 Å². The van der Waals surface area contributed by atoms with Crippen LogP contribution in [0.5, 0.6) is 0 Å². The number of rotatable bonds is 4. The Morgan fingerprint density at radius 3 is 2.67 bits per heavy atom. The highest BCUT2D eigenvalue weighted by atomic mass is 35.5. The van der Waals surface area contributed by atoms with Crippen molar-refractivity contribution in [3.05, 3.63) is 58.1 Å². The molecule has 0 aliphatic heterocycles. The zero-order valence-corrected chi connectivity index (χ0v) is 13.2. The summed E-state index contributed by atoms with van der Waals surface area (Å²) in [5.41, 5.74) is 0.878. The number of aromatic nitrogens is 2. The van der Waals surface area contributed by atoms with Gasteiger partial charge in [-0.15, -0.1) is 0 Å². The van der Waals surface area contributed by atoms with Gasteiger partial charge in [0.1, 0.15) is 5.69 Å². The minimum Gasteiger partial charge on any atom is -0.350 e. The molecular formula is C15H15Cl2N3O. The molecule has 1 aromatic heterocycles. The van der Waals surface area contributed by atoms with Gasteiger partial charge in [0.15, 0.2) is 0 Å². The van der Waals surface area contributed by atoms with Gasteiger partial charge in [0, 0.05) is 34.4 Å². The number of carbonyl (C=O) groups excluding carboxylic acids is 1. The first-order valence-corrected chi connectivity index (χ1v) is 7.15. The SMILES string of the molecule is CC(C)(CNC(=O)c1cnccn1)c1ccc(Cl)cc1Cl. The minimum absolute atomic E-state index is 0.263. The van der Waals surface area contributed by atoms with E-state index >= 15 is 0 Å². The Labute approximate surface area is 133 Å². The zero-order valence-electron chi connectivity index (χ0n) is 11.7. The monoisotopic (exact) mass is 323 g/mol. The highest BCUT2D eigenvalue weighted by Gasteiger charge is 2.24. The maximum Gasteiger partial charge on any atom is 0.271 e. The summed E-state index contributed by atoms with van der Waals surface area (Å²) < 4.78 is 0. The number of halogens is 2. The van der Waals surface area contributed by atoms with E-state index in [1.165, 1.54) is 18.6 Å². The second-order valence-corrected chi connectivity index (χ2v) is 6.13. The summed E-state index contributed by atoms with van der Waals surface area (Å²) in [7, 11) is 0. The molecule has 1 amide bonds. The summed E-state index contributed by atoms with van der Waals surface area (Å²) in [4.78, 5) is 19.8. The first-order valence-electron chi connectivity index (χ1n) is 6.40. The lowest BCUT2D eigenvalue weighted by molar-refractivity contribution is 0.0940. The minimum atomic E-state index is -0.334. The molecule has 0 unspecified atom stereocenters. The molecule has 110 valence electrons. The van der Waals surface area contributed by atoms with Crippen molar-refractivity contribution >= 4 is 29.1 Å². The van der Waals surface area contributed by atoms with Crippen molar-refractivity contribution in [3.63, 3.8) is 0 Å². The predicted octanol–water partition coefficient (Wildman–Crippen LogP) is 3.49. The Kier molecular flexibility index (Phi) is 4.80. The molecule has 0 saturated heterocycles. The molecule has 2 aromatic rings. The van der Waals surface area contributed by atoms with Crippen molar-refractivity contribution in [2.75, 3.05) is 6.54 Å². The van der Waals surface area contributed by atoms with Gasteiger partial charge in [-0.3, -0.25) is 9.78 Å². The van der Waals surface area contributed by atoms with Crippen LogP contribution in [0.2, 0.25) is 10.0 Å². The van der Waals surface area contributed by atoms with Crippen molar-refractivity contribution in [2.24, 2.45) is 0 Å². The second kappa shape index (κ2) is 6.41. The van der Waals surface area contributed by atoms with Crippen LogP contribution in [0.25, 0.3) is 0 Å². The lowest BCUT2D eigenvalue weighted by Gasteiger charge is -2.26. The largest absolute Gasteiger partial charge is 0.350 e. The Morgan fingerprint density at radius 1 is 1.29 bits per heavy atom. The van der Waals surface area contributed by atoms with Gasteiger partial charge in [-0.25, -0.2) is 4.98 Å². The maximum atomic E-state index is 12.0. The topological polar surface area (TPSA) is 54.9 Å². The molecule has 0 aliphatic carbocycles. The van der Waals surface area contributed by atoms with E-state index in [0.717, 1.165) is 5.56 Å². The fraction of sp³-hybridized carbons (Fsp3) is 0.267. The lowest BCUT2D eigenvalue weighted by Crippen LogP contribution is -2.37. The Morgan fingerprint density at radius 2 is 2.05 bits per heavy atom. The van der Waals surface area contributed by atoms with Crippen molar-refractivity contribution in [1.82, 2.24) is 15.3 Å². The normalized spacial score (nSPS) is 11.2. The molecule has 0 radical (unpaired) electrons. The molecule has 1 heterocycles. The fourth-order valence-electron chi connectivity index (χ4n) is 1.94. The average molecular weight is 324 g/mol. The van der Waals surface area contributed by atoms with E-state index in [1.54, 1.807) is 12.1 Å². The molecule has 0 aliphatic rings. The molecule has 6 heteroatoms. The van der Waals surface area contributed by atoms with Crippen LogP contribution >= 0.6 is 23.2 Å². The van der Waals surface area contributed by atoms with Crippen molar-refractivity contribution < 1.29 is 4.79 Å². The first-order chi connectivity index (χ1) is 9.90. The number of nitrogens with zero attached hydrogens (tertiary/aromatic N) is 2. The number of benzene rings is 1. The van der Waals surface area contributed by atoms with E-state index in [4.69, 9.17) is 23.2 Å². The van der Waals surface area contributed by atoms with Gasteiger partial charge in [0.05, 0.1) is 6.20 Å². The van der Waals surface area contributed by atoms with Crippen molar-refractivity contribution in [3.8, 4) is 0 Å². The Bertz CT molecular complexity index is 645. The molecule has 1 N–H and O–H groups in total. The van der Waals surface area contributed by atoms with Gasteiger partial charge in [0.2, 0.25) is 0 Å². The number of carbonyl (C=O) groups is 1. The predicted molar refractivity (Wildman–Crippen MR) is 83.9 cm³/mol. The van der Waals surface area contributed by atoms with Crippen LogP contribution in [0.15, 0.2) is 36.8 Å². The molecular weight excluding hydrogens is 309 g/mol. The number of hydrogen-bond acceptors (Lipinski definition) is 3. The quantitative estimate of drug-likeness (QED) is 0.937. The average Bonchev–Trinajstić information content (AvgIpc) is 2.45. The van der Waals surface area contributed by atoms with E-state index in [-0.39, 0.29) is 17.0 Å². The van der Waals surface area contributed by atoms with Crippen LogP contribution in [0, 0.1) is 0 Å². The molecule has 21 heavy (non-hydrogen) atoms. The van der Waals surface area contributed by atoms with Gasteiger partial charge in [0.25, 0.3) is 5.91 Å². The fourth-order valence-corrected chi connectivity index (χ4v) is 2.61. The molecule has 0 fully saturated rings. The number of amides is 1. The van der Waals surface area contributed by atoms with Crippen molar-refractivity contribution in [2.45, 2.75) is 19.3 Å². The third-order valence-electron chi connectivity index (χ3n) is 3.15. The summed E-state index contributed by atoms with van der Waals surface area (Å²) in [6, 6.07) is 5.36. The summed E-state index contributed by atoms with van der Waals surface area (Å²) in [5, 5.41) is 4.02. The van der Waals surface area contributed by atoms with Crippen LogP contribution < -0.4 is 5.32 Å². The maximum absolute atomic E-state index is 12.0. The molecule has 0 saturated carbocycles. The molecule has 1 aromatic carbocycles. The van der Waals surface area contributed by atoms with E-state index in [1.807, 2.05) is 19.9 Å². The first kappa shape index (κ1) is 15.7. The third-order valence-corrected chi connectivity index (χ3v) is 3.69. The van der Waals surface area contributed by atoms with Crippen LogP contribution in [-0.2, 0) is 5.41 Å². The van der Waals surface area contributed by atoms with E-state index in [9.17, 15) is 4.79 Å². The summed E-state index contributed by atoms with van der Waals surface area (Å²) in [6.07, 6.45) is 4.43. The summed E-state index contributed by atoms with van der Waals surface area (Å²) in [6.45, 7) is 4.42. The van der Waals surface area contributed by atoms with Crippen LogP contribution in [0.1, 0.15) is 29.9 Å². The molecule has 0 spiro atoms. The van der Waals surface area contributed by atoms with E-state index in [0.29, 0.717) is 16.6 Å². The number of nitrogens with one attached hydrogen (secondary N) is 1. The molecule has 4 nitrogen and oxygen atoms in total. The van der Waals surface area contributed by atoms with Gasteiger partial charge < -0.3 is 5.32 Å². The van der Waals surface area contributed by atoms with Gasteiger partial charge in [-0.05, 0) is 17.7 Å². The van der Waals surface area contributed by atoms with Crippen LogP contribution in [0.3, 0.4) is 0 Å². The zero-order chi connectivity index (χ0) is 15.5. The third kappa shape index (κ3) is 3.93. The summed E-state index contributed by atoms with van der Waals surface area (Å²) in [5.74, 6) is -0.263. The van der Waals surface area contributed by atoms with Gasteiger partial charge >= 0.3 is 0 Å². The van der Waals surface area contributed by atoms with E-state index < -0.39 is 0 Å². The van der Waals surface area contributed by atoms with Crippen molar-refractivity contribution in [1.29, 1.82) is 0 Å². The summed E-state index contributed by atoms with van der Waals surface area (Å²) >= 11 is 12.1. The van der Waals surface area contributed by atoms with E-state index in [2.05, 4.69) is 15.3 Å². The van der Waals surface area contributed by atoms with Crippen LogP contribution in [0.4, 0.5) is 0 Å². The lowest BCUT2D eigenvalue weighted by atomic mass is 9.84. The Hall–Kier alpha value is -1.65. The van der Waals surface area contributed by atoms with Crippen LogP contribution in [-0.4, -0.2) is 22.4 Å². The van der Waals surface area contributed by atoms with Gasteiger partial charge in [-0.1, -0.05) is 43.1 Å².